The van der Waals surface area contributed by atoms with E-state index in [1.807, 2.05) is 30.0 Å². The zero-order valence-electron chi connectivity index (χ0n) is 12.5. The molecule has 21 heavy (non-hydrogen) atoms. The van der Waals surface area contributed by atoms with Crippen LogP contribution in [0.4, 0.5) is 0 Å². The number of nitrogens with two attached hydrogens (primary N) is 1. The smallest absolute Gasteiger partial charge is 0.222 e. The first-order valence-electron chi connectivity index (χ1n) is 7.43. The number of carbonyl (C=O) groups is 1. The Morgan fingerprint density at radius 1 is 1.24 bits per heavy atom. The van der Waals surface area contributed by atoms with E-state index >= 15 is 0 Å². The third kappa shape index (κ3) is 4.51. The Morgan fingerprint density at radius 2 is 1.86 bits per heavy atom. The summed E-state index contributed by atoms with van der Waals surface area (Å²) in [7, 11) is 0. The fourth-order valence-electron chi connectivity index (χ4n) is 2.59. The van der Waals surface area contributed by atoms with Crippen molar-refractivity contribution in [3.63, 3.8) is 0 Å². The van der Waals surface area contributed by atoms with Gasteiger partial charge in [0.2, 0.25) is 5.91 Å². The minimum atomic E-state index is 0.113. The van der Waals surface area contributed by atoms with Crippen LogP contribution in [-0.4, -0.2) is 52.9 Å². The summed E-state index contributed by atoms with van der Waals surface area (Å²) >= 11 is 5.03. The lowest BCUT2D eigenvalue weighted by Gasteiger charge is -2.37. The highest BCUT2D eigenvalue weighted by molar-refractivity contribution is 7.80. The zero-order valence-corrected chi connectivity index (χ0v) is 13.3. The van der Waals surface area contributed by atoms with Crippen LogP contribution in [0.3, 0.4) is 0 Å². The van der Waals surface area contributed by atoms with Crippen LogP contribution in [0.25, 0.3) is 0 Å². The first-order valence-corrected chi connectivity index (χ1v) is 7.84. The van der Waals surface area contributed by atoms with Crippen molar-refractivity contribution in [2.24, 2.45) is 5.73 Å². The van der Waals surface area contributed by atoms with Crippen molar-refractivity contribution in [2.75, 3.05) is 26.2 Å². The molecule has 2 rings (SSSR count). The highest BCUT2D eigenvalue weighted by Gasteiger charge is 2.24. The van der Waals surface area contributed by atoms with Crippen molar-refractivity contribution in [1.82, 2.24) is 9.80 Å². The molecule has 1 amide bonds. The summed E-state index contributed by atoms with van der Waals surface area (Å²) < 4.78 is 0. The molecule has 1 fully saturated rings. The molecule has 1 saturated heterocycles. The Balaban J connectivity index is 1.77. The number of piperazine rings is 1. The maximum absolute atomic E-state index is 12.2. The third-order valence-corrected chi connectivity index (χ3v) is 4.44. The van der Waals surface area contributed by atoms with E-state index in [0.29, 0.717) is 11.4 Å². The van der Waals surface area contributed by atoms with Gasteiger partial charge in [-0.3, -0.25) is 9.69 Å². The minimum Gasteiger partial charge on any atom is -0.392 e. The molecule has 5 heteroatoms. The molecule has 0 spiro atoms. The summed E-state index contributed by atoms with van der Waals surface area (Å²) in [5.41, 5.74) is 6.90. The lowest BCUT2D eigenvalue weighted by molar-refractivity contribution is -0.133. The van der Waals surface area contributed by atoms with Gasteiger partial charge in [0.1, 0.15) is 0 Å². The van der Waals surface area contributed by atoms with Gasteiger partial charge in [-0.25, -0.2) is 0 Å². The van der Waals surface area contributed by atoms with E-state index in [2.05, 4.69) is 17.0 Å². The molecule has 2 N–H and O–H groups in total. The van der Waals surface area contributed by atoms with Crippen LogP contribution in [0.5, 0.6) is 0 Å². The number of benzene rings is 1. The van der Waals surface area contributed by atoms with Gasteiger partial charge >= 0.3 is 0 Å². The molecule has 4 nitrogen and oxygen atoms in total. The van der Waals surface area contributed by atoms with Crippen molar-refractivity contribution in [3.05, 3.63) is 35.9 Å². The number of hydrogen-bond acceptors (Lipinski definition) is 3. The van der Waals surface area contributed by atoms with Gasteiger partial charge in [0, 0.05) is 32.6 Å². The van der Waals surface area contributed by atoms with Gasteiger partial charge in [0.05, 0.1) is 11.0 Å². The van der Waals surface area contributed by atoms with E-state index in [0.717, 1.165) is 32.6 Å². The summed E-state index contributed by atoms with van der Waals surface area (Å²) in [5.74, 6) is 0.237. The van der Waals surface area contributed by atoms with Crippen molar-refractivity contribution in [1.29, 1.82) is 0 Å². The summed E-state index contributed by atoms with van der Waals surface area (Å²) in [6.07, 6.45) is 1.39. The zero-order chi connectivity index (χ0) is 15.2. The molecule has 114 valence electrons. The maximum atomic E-state index is 12.2. The molecular weight excluding hydrogens is 282 g/mol. The SMILES string of the molecule is CC(C(N)=S)N1CCN(C(=O)CCc2ccccc2)CC1. The van der Waals surface area contributed by atoms with E-state index in [-0.39, 0.29) is 11.9 Å². The Bertz CT molecular complexity index is 484. The third-order valence-electron chi connectivity index (χ3n) is 4.10. The van der Waals surface area contributed by atoms with Crippen LogP contribution in [-0.2, 0) is 11.2 Å². The lowest BCUT2D eigenvalue weighted by Crippen LogP contribution is -2.54. The number of thiocarbonyl (C=S) groups is 1. The Kier molecular flexibility index (Phi) is 5.70. The molecule has 0 aliphatic carbocycles. The molecular formula is C16H23N3OS. The molecule has 0 bridgehead atoms. The number of hydrogen-bond donors (Lipinski definition) is 1. The van der Waals surface area contributed by atoms with E-state index in [4.69, 9.17) is 18.0 Å². The quantitative estimate of drug-likeness (QED) is 0.836. The van der Waals surface area contributed by atoms with Gasteiger partial charge in [0.15, 0.2) is 0 Å². The van der Waals surface area contributed by atoms with Crippen molar-refractivity contribution in [3.8, 4) is 0 Å². The maximum Gasteiger partial charge on any atom is 0.222 e. The van der Waals surface area contributed by atoms with Gasteiger partial charge < -0.3 is 10.6 Å². The standard InChI is InChI=1S/C16H23N3OS/c1-13(16(17)21)18-9-11-19(12-10-18)15(20)8-7-14-5-3-2-4-6-14/h2-6,13H,7-12H2,1H3,(H2,17,21). The number of amides is 1. The summed E-state index contributed by atoms with van der Waals surface area (Å²) in [6, 6.07) is 10.3. The van der Waals surface area contributed by atoms with Crippen LogP contribution in [0.1, 0.15) is 18.9 Å². The highest BCUT2D eigenvalue weighted by atomic mass is 32.1. The van der Waals surface area contributed by atoms with Crippen molar-refractivity contribution >= 4 is 23.1 Å². The number of nitrogens with zero attached hydrogens (tertiary/aromatic N) is 2. The van der Waals surface area contributed by atoms with Crippen molar-refractivity contribution < 1.29 is 4.79 Å². The molecule has 0 saturated carbocycles. The Labute approximate surface area is 131 Å². The van der Waals surface area contributed by atoms with E-state index in [9.17, 15) is 4.79 Å². The molecule has 1 aliphatic heterocycles. The summed E-state index contributed by atoms with van der Waals surface area (Å²) in [4.78, 5) is 17.0. The summed E-state index contributed by atoms with van der Waals surface area (Å²) in [5, 5.41) is 0. The van der Waals surface area contributed by atoms with Gasteiger partial charge in [-0.1, -0.05) is 42.5 Å². The molecule has 0 aromatic heterocycles. The van der Waals surface area contributed by atoms with E-state index < -0.39 is 0 Å². The van der Waals surface area contributed by atoms with E-state index in [1.165, 1.54) is 5.56 Å². The van der Waals surface area contributed by atoms with Crippen molar-refractivity contribution in [2.45, 2.75) is 25.8 Å². The predicted molar refractivity (Wildman–Crippen MR) is 89.2 cm³/mol. The second-order valence-corrected chi connectivity index (χ2v) is 5.95. The lowest BCUT2D eigenvalue weighted by atomic mass is 10.1. The summed E-state index contributed by atoms with van der Waals surface area (Å²) in [6.45, 7) is 5.24. The second kappa shape index (κ2) is 7.52. The average Bonchev–Trinajstić information content (AvgIpc) is 2.53. The van der Waals surface area contributed by atoms with Crippen LogP contribution in [0.15, 0.2) is 30.3 Å². The normalized spacial score (nSPS) is 17.5. The van der Waals surface area contributed by atoms with Crippen LogP contribution < -0.4 is 5.73 Å². The topological polar surface area (TPSA) is 49.6 Å². The Hall–Kier alpha value is -1.46. The fraction of sp³-hybridized carbons (Fsp3) is 0.500. The van der Waals surface area contributed by atoms with Crippen LogP contribution >= 0.6 is 12.2 Å². The second-order valence-electron chi connectivity index (χ2n) is 5.48. The Morgan fingerprint density at radius 3 is 2.43 bits per heavy atom. The van der Waals surface area contributed by atoms with Gasteiger partial charge in [0.25, 0.3) is 0 Å². The molecule has 1 unspecified atom stereocenters. The number of rotatable bonds is 5. The van der Waals surface area contributed by atoms with Gasteiger partial charge in [-0.2, -0.15) is 0 Å². The monoisotopic (exact) mass is 305 g/mol. The predicted octanol–water partition coefficient (Wildman–Crippen LogP) is 1.44. The average molecular weight is 305 g/mol. The molecule has 1 aromatic rings. The molecule has 1 heterocycles. The number of carbonyl (C=O) groups excluding carboxylic acids is 1. The van der Waals surface area contributed by atoms with Crippen LogP contribution in [0, 0.1) is 0 Å². The minimum absolute atomic E-state index is 0.113. The molecule has 0 radical (unpaired) electrons. The first kappa shape index (κ1) is 15.9. The first-order chi connectivity index (χ1) is 10.1. The fourth-order valence-corrected chi connectivity index (χ4v) is 2.74. The van der Waals surface area contributed by atoms with E-state index in [1.54, 1.807) is 0 Å². The van der Waals surface area contributed by atoms with Gasteiger partial charge in [-0.05, 0) is 18.9 Å². The molecule has 1 aliphatic rings. The number of aryl methyl sites for hydroxylation is 1. The molecule has 1 atom stereocenters. The van der Waals surface area contributed by atoms with Crippen LogP contribution in [0.2, 0.25) is 0 Å². The highest BCUT2D eigenvalue weighted by Crippen LogP contribution is 2.10. The van der Waals surface area contributed by atoms with Gasteiger partial charge in [-0.15, -0.1) is 0 Å². The molecule has 1 aromatic carbocycles. The largest absolute Gasteiger partial charge is 0.392 e.